The summed E-state index contributed by atoms with van der Waals surface area (Å²) in [5.74, 6) is 0.976. The Morgan fingerprint density at radius 3 is 2.75 bits per heavy atom. The maximum Gasteiger partial charge on any atom is 0.127 e. The Morgan fingerprint density at radius 2 is 2.15 bits per heavy atom. The Morgan fingerprint density at radius 1 is 1.30 bits per heavy atom. The third-order valence-corrected chi connectivity index (χ3v) is 3.87. The Hall–Kier alpha value is -1.65. The second-order valence-electron chi connectivity index (χ2n) is 5.15. The fourth-order valence-electron chi connectivity index (χ4n) is 2.71. The maximum absolute atomic E-state index is 5.66. The van der Waals surface area contributed by atoms with E-state index >= 15 is 0 Å². The molecule has 0 bridgehead atoms. The molecule has 0 aromatic carbocycles. The average Bonchev–Trinajstić information content (AvgIpc) is 3.03. The SMILES string of the molecule is CCc1ccc(C(c2ccco2)N2CCNCC2)nc1. The van der Waals surface area contributed by atoms with Crippen LogP contribution in [0.4, 0.5) is 0 Å². The summed E-state index contributed by atoms with van der Waals surface area (Å²) in [6.45, 7) is 6.22. The van der Waals surface area contributed by atoms with Crippen LogP contribution in [0.25, 0.3) is 0 Å². The molecule has 2 aromatic rings. The summed E-state index contributed by atoms with van der Waals surface area (Å²) in [5.41, 5.74) is 2.34. The third-order valence-electron chi connectivity index (χ3n) is 3.87. The lowest BCUT2D eigenvalue weighted by molar-refractivity contribution is 0.177. The molecule has 3 heterocycles. The zero-order valence-electron chi connectivity index (χ0n) is 11.9. The second kappa shape index (κ2) is 6.20. The molecule has 1 unspecified atom stereocenters. The summed E-state index contributed by atoms with van der Waals surface area (Å²) < 4.78 is 5.66. The van der Waals surface area contributed by atoms with Gasteiger partial charge in [-0.3, -0.25) is 9.88 Å². The van der Waals surface area contributed by atoms with Crippen molar-refractivity contribution in [1.82, 2.24) is 15.2 Å². The molecule has 2 aromatic heterocycles. The zero-order valence-corrected chi connectivity index (χ0v) is 11.9. The molecule has 106 valence electrons. The molecule has 0 amide bonds. The van der Waals surface area contributed by atoms with Crippen molar-refractivity contribution in [2.75, 3.05) is 26.2 Å². The predicted molar refractivity (Wildman–Crippen MR) is 78.6 cm³/mol. The summed E-state index contributed by atoms with van der Waals surface area (Å²) in [6, 6.07) is 8.42. The number of pyridine rings is 1. The van der Waals surface area contributed by atoms with Gasteiger partial charge in [0.05, 0.1) is 12.0 Å². The van der Waals surface area contributed by atoms with Gasteiger partial charge >= 0.3 is 0 Å². The molecule has 0 spiro atoms. The second-order valence-corrected chi connectivity index (χ2v) is 5.15. The molecule has 3 rings (SSSR count). The van der Waals surface area contributed by atoms with Crippen LogP contribution in [-0.4, -0.2) is 36.1 Å². The molecule has 20 heavy (non-hydrogen) atoms. The molecule has 1 atom stereocenters. The van der Waals surface area contributed by atoms with E-state index in [0.29, 0.717) is 0 Å². The van der Waals surface area contributed by atoms with E-state index in [1.807, 2.05) is 18.3 Å². The number of rotatable bonds is 4. The molecule has 0 aliphatic carbocycles. The van der Waals surface area contributed by atoms with Gasteiger partial charge in [-0.2, -0.15) is 0 Å². The van der Waals surface area contributed by atoms with Crippen molar-refractivity contribution in [2.45, 2.75) is 19.4 Å². The normalized spacial score (nSPS) is 18.1. The number of aromatic nitrogens is 1. The van der Waals surface area contributed by atoms with Crippen molar-refractivity contribution in [2.24, 2.45) is 0 Å². The minimum atomic E-state index is 0.123. The molecule has 0 radical (unpaired) electrons. The molecule has 1 aliphatic rings. The maximum atomic E-state index is 5.66. The fraction of sp³-hybridized carbons (Fsp3) is 0.438. The van der Waals surface area contributed by atoms with E-state index in [0.717, 1.165) is 44.1 Å². The minimum absolute atomic E-state index is 0.123. The van der Waals surface area contributed by atoms with Gasteiger partial charge in [-0.05, 0) is 30.2 Å². The molecule has 1 N–H and O–H groups in total. The predicted octanol–water partition coefficient (Wildman–Crippen LogP) is 2.23. The summed E-state index contributed by atoms with van der Waals surface area (Å²) in [6.07, 6.45) is 4.74. The first-order chi connectivity index (χ1) is 9.88. The number of hydrogen-bond acceptors (Lipinski definition) is 4. The summed E-state index contributed by atoms with van der Waals surface area (Å²) >= 11 is 0. The van der Waals surface area contributed by atoms with Gasteiger partial charge in [-0.1, -0.05) is 13.0 Å². The number of nitrogens with one attached hydrogen (secondary N) is 1. The number of furan rings is 1. The van der Waals surface area contributed by atoms with E-state index < -0.39 is 0 Å². The highest BCUT2D eigenvalue weighted by Crippen LogP contribution is 2.28. The van der Waals surface area contributed by atoms with Gasteiger partial charge in [0.15, 0.2) is 0 Å². The van der Waals surface area contributed by atoms with Crippen molar-refractivity contribution in [3.8, 4) is 0 Å². The van der Waals surface area contributed by atoms with Crippen molar-refractivity contribution < 1.29 is 4.42 Å². The Labute approximate surface area is 119 Å². The lowest BCUT2D eigenvalue weighted by atomic mass is 10.1. The van der Waals surface area contributed by atoms with Crippen LogP contribution >= 0.6 is 0 Å². The Balaban J connectivity index is 1.91. The van der Waals surface area contributed by atoms with Gasteiger partial charge in [0.2, 0.25) is 0 Å². The van der Waals surface area contributed by atoms with Crippen LogP contribution < -0.4 is 5.32 Å². The first-order valence-electron chi connectivity index (χ1n) is 7.31. The summed E-state index contributed by atoms with van der Waals surface area (Å²) in [7, 11) is 0. The number of nitrogens with zero attached hydrogens (tertiary/aromatic N) is 2. The molecule has 0 saturated carbocycles. The Kier molecular flexibility index (Phi) is 4.14. The van der Waals surface area contributed by atoms with Gasteiger partial charge in [0, 0.05) is 32.4 Å². The van der Waals surface area contributed by atoms with Crippen LogP contribution in [0, 0.1) is 0 Å². The van der Waals surface area contributed by atoms with E-state index in [-0.39, 0.29) is 6.04 Å². The number of piperazine rings is 1. The van der Waals surface area contributed by atoms with Gasteiger partial charge in [0.1, 0.15) is 11.8 Å². The third kappa shape index (κ3) is 2.76. The monoisotopic (exact) mass is 271 g/mol. The molecular weight excluding hydrogens is 250 g/mol. The first-order valence-corrected chi connectivity index (χ1v) is 7.31. The van der Waals surface area contributed by atoms with Crippen molar-refractivity contribution in [1.29, 1.82) is 0 Å². The van der Waals surface area contributed by atoms with Crippen LogP contribution in [0.1, 0.15) is 30.0 Å². The van der Waals surface area contributed by atoms with Crippen LogP contribution in [0.3, 0.4) is 0 Å². The zero-order chi connectivity index (χ0) is 13.8. The van der Waals surface area contributed by atoms with E-state index in [9.17, 15) is 0 Å². The van der Waals surface area contributed by atoms with Gasteiger partial charge < -0.3 is 9.73 Å². The smallest absolute Gasteiger partial charge is 0.127 e. The molecule has 4 nitrogen and oxygen atoms in total. The first kappa shape index (κ1) is 13.3. The number of hydrogen-bond donors (Lipinski definition) is 1. The molecule has 4 heteroatoms. The van der Waals surface area contributed by atoms with Crippen LogP contribution in [0.2, 0.25) is 0 Å². The minimum Gasteiger partial charge on any atom is -0.467 e. The van der Waals surface area contributed by atoms with E-state index in [1.165, 1.54) is 5.56 Å². The largest absolute Gasteiger partial charge is 0.467 e. The topological polar surface area (TPSA) is 41.3 Å². The van der Waals surface area contributed by atoms with Crippen molar-refractivity contribution in [3.05, 3.63) is 53.7 Å². The summed E-state index contributed by atoms with van der Waals surface area (Å²) in [5, 5.41) is 3.39. The molecule has 1 aliphatic heterocycles. The standard InChI is InChI=1S/C16H21N3O/c1-2-13-5-6-14(18-12-13)16(15-4-3-11-20-15)19-9-7-17-8-10-19/h3-6,11-12,16-17H,2,7-10H2,1H3. The quantitative estimate of drug-likeness (QED) is 0.926. The highest BCUT2D eigenvalue weighted by Gasteiger charge is 2.26. The van der Waals surface area contributed by atoms with Crippen molar-refractivity contribution in [3.63, 3.8) is 0 Å². The highest BCUT2D eigenvalue weighted by molar-refractivity contribution is 5.23. The molecule has 1 saturated heterocycles. The molecular formula is C16H21N3O. The molecule has 1 fully saturated rings. The Bertz CT molecular complexity index is 515. The van der Waals surface area contributed by atoms with Gasteiger partial charge in [-0.15, -0.1) is 0 Å². The highest BCUT2D eigenvalue weighted by atomic mass is 16.3. The van der Waals surface area contributed by atoms with E-state index in [4.69, 9.17) is 4.42 Å². The van der Waals surface area contributed by atoms with Crippen LogP contribution in [0.5, 0.6) is 0 Å². The lowest BCUT2D eigenvalue weighted by Gasteiger charge is -2.33. The average molecular weight is 271 g/mol. The summed E-state index contributed by atoms with van der Waals surface area (Å²) in [4.78, 5) is 7.09. The van der Waals surface area contributed by atoms with Crippen LogP contribution in [0.15, 0.2) is 41.1 Å². The fourth-order valence-corrected chi connectivity index (χ4v) is 2.71. The van der Waals surface area contributed by atoms with E-state index in [1.54, 1.807) is 6.26 Å². The van der Waals surface area contributed by atoms with Gasteiger partial charge in [0.25, 0.3) is 0 Å². The van der Waals surface area contributed by atoms with Gasteiger partial charge in [-0.25, -0.2) is 0 Å². The van der Waals surface area contributed by atoms with E-state index in [2.05, 4.69) is 34.3 Å². The number of aryl methyl sites for hydroxylation is 1. The van der Waals surface area contributed by atoms with Crippen LogP contribution in [-0.2, 0) is 6.42 Å². The van der Waals surface area contributed by atoms with Crippen molar-refractivity contribution >= 4 is 0 Å². The lowest BCUT2D eigenvalue weighted by Crippen LogP contribution is -2.45.